The van der Waals surface area contributed by atoms with Crippen LogP contribution in [0, 0.1) is 0 Å². The molecule has 3 aromatic heterocycles. The molecule has 0 atom stereocenters. The van der Waals surface area contributed by atoms with Crippen LogP contribution in [0.25, 0.3) is 10.2 Å². The van der Waals surface area contributed by atoms with E-state index in [9.17, 15) is 0 Å². The molecule has 5 nitrogen and oxygen atoms in total. The van der Waals surface area contributed by atoms with Crippen LogP contribution in [0.4, 0.5) is 5.82 Å². The van der Waals surface area contributed by atoms with Crippen LogP contribution in [0.5, 0.6) is 0 Å². The molecule has 0 bridgehead atoms. The minimum absolute atomic E-state index is 0.801. The molecule has 0 spiro atoms. The lowest BCUT2D eigenvalue weighted by molar-refractivity contribution is 0.246. The summed E-state index contributed by atoms with van der Waals surface area (Å²) >= 11 is 3.71. The smallest absolute Gasteiger partial charge is 0.142 e. The Bertz CT molecular complexity index is 1230. The van der Waals surface area contributed by atoms with E-state index in [0.29, 0.717) is 0 Å². The summed E-state index contributed by atoms with van der Waals surface area (Å²) in [7, 11) is 0. The summed E-state index contributed by atoms with van der Waals surface area (Å²) in [5.41, 5.74) is 2.66. The van der Waals surface area contributed by atoms with E-state index in [1.807, 2.05) is 35.4 Å². The molecule has 6 rings (SSSR count). The Labute approximate surface area is 202 Å². The van der Waals surface area contributed by atoms with Gasteiger partial charge in [-0.1, -0.05) is 24.3 Å². The molecule has 0 saturated carbocycles. The monoisotopic (exact) mass is 473 g/mol. The maximum atomic E-state index is 5.17. The summed E-state index contributed by atoms with van der Waals surface area (Å²) < 4.78 is 0. The standard InChI is InChI=1S/C26H27N5S2/c1-2-8-20(9-3-1)32-18-23-28-25(24-21-10-6-11-22(21)33-26(24)29-23)31-15-13-30(14-16-31)17-19-7-4-5-12-27-19/h1-5,7-9,12H,6,10-11,13-18H2. The molecule has 33 heavy (non-hydrogen) atoms. The normalized spacial score (nSPS) is 16.4. The Morgan fingerprint density at radius 2 is 1.76 bits per heavy atom. The summed E-state index contributed by atoms with van der Waals surface area (Å²) in [6.45, 7) is 4.97. The van der Waals surface area contributed by atoms with E-state index in [4.69, 9.17) is 9.97 Å². The average molecular weight is 474 g/mol. The molecule has 1 aliphatic heterocycles. The lowest BCUT2D eigenvalue weighted by Crippen LogP contribution is -2.46. The SMILES string of the molecule is c1ccc(SCc2nc(N3CCN(Cc4ccccn4)CC3)c3c4c(sc3n2)CCC4)cc1. The average Bonchev–Trinajstić information content (AvgIpc) is 3.45. The Hall–Kier alpha value is -2.48. The summed E-state index contributed by atoms with van der Waals surface area (Å²) in [5, 5.41) is 1.33. The molecule has 1 aliphatic carbocycles. The van der Waals surface area contributed by atoms with Gasteiger partial charge < -0.3 is 4.90 Å². The van der Waals surface area contributed by atoms with Gasteiger partial charge in [0.2, 0.25) is 0 Å². The molecule has 4 aromatic rings. The van der Waals surface area contributed by atoms with Crippen LogP contribution >= 0.6 is 23.1 Å². The van der Waals surface area contributed by atoms with Gasteiger partial charge in [-0.05, 0) is 49.1 Å². The van der Waals surface area contributed by atoms with Crippen LogP contribution < -0.4 is 4.90 Å². The van der Waals surface area contributed by atoms with Crippen LogP contribution in [0.1, 0.15) is 28.4 Å². The minimum Gasteiger partial charge on any atom is -0.353 e. The van der Waals surface area contributed by atoms with E-state index in [2.05, 4.69) is 57.2 Å². The van der Waals surface area contributed by atoms with Crippen LogP contribution in [0.15, 0.2) is 59.6 Å². The zero-order valence-electron chi connectivity index (χ0n) is 18.6. The van der Waals surface area contributed by atoms with Crippen molar-refractivity contribution in [3.05, 3.63) is 76.7 Å². The fourth-order valence-corrected chi connectivity index (χ4v) is 6.87. The molecule has 1 aromatic carbocycles. The van der Waals surface area contributed by atoms with E-state index in [1.165, 1.54) is 50.6 Å². The zero-order valence-corrected chi connectivity index (χ0v) is 20.2. The number of hydrogen-bond acceptors (Lipinski definition) is 7. The molecule has 1 fully saturated rings. The molecule has 0 amide bonds. The van der Waals surface area contributed by atoms with Gasteiger partial charge >= 0.3 is 0 Å². The van der Waals surface area contributed by atoms with E-state index < -0.39 is 0 Å². The molecule has 0 unspecified atom stereocenters. The van der Waals surface area contributed by atoms with Gasteiger partial charge in [0, 0.05) is 48.7 Å². The molecular weight excluding hydrogens is 446 g/mol. The quantitative estimate of drug-likeness (QED) is 0.359. The number of anilines is 1. The third kappa shape index (κ3) is 4.50. The van der Waals surface area contributed by atoms with Crippen LogP contribution in [-0.2, 0) is 25.1 Å². The fraction of sp³-hybridized carbons (Fsp3) is 0.346. The van der Waals surface area contributed by atoms with Crippen molar-refractivity contribution in [2.45, 2.75) is 36.5 Å². The lowest BCUT2D eigenvalue weighted by atomic mass is 10.1. The zero-order chi connectivity index (χ0) is 22.0. The van der Waals surface area contributed by atoms with E-state index in [1.54, 1.807) is 0 Å². The first-order valence-electron chi connectivity index (χ1n) is 11.7. The number of hydrogen-bond donors (Lipinski definition) is 0. The van der Waals surface area contributed by atoms with Gasteiger partial charge in [-0.25, -0.2) is 9.97 Å². The number of fused-ring (bicyclic) bond motifs is 3. The largest absolute Gasteiger partial charge is 0.353 e. The van der Waals surface area contributed by atoms with Gasteiger partial charge in [0.1, 0.15) is 16.5 Å². The molecule has 0 N–H and O–H groups in total. The fourth-order valence-electron chi connectivity index (χ4n) is 4.82. The minimum atomic E-state index is 0.801. The molecule has 2 aliphatic rings. The number of aromatic nitrogens is 3. The number of rotatable bonds is 6. The van der Waals surface area contributed by atoms with Gasteiger partial charge in [0.05, 0.1) is 16.8 Å². The van der Waals surface area contributed by atoms with E-state index in [0.717, 1.165) is 50.0 Å². The molecule has 168 valence electrons. The van der Waals surface area contributed by atoms with Gasteiger partial charge in [-0.3, -0.25) is 9.88 Å². The highest BCUT2D eigenvalue weighted by molar-refractivity contribution is 7.98. The second kappa shape index (κ2) is 9.41. The van der Waals surface area contributed by atoms with Crippen molar-refractivity contribution in [1.82, 2.24) is 19.9 Å². The summed E-state index contributed by atoms with van der Waals surface area (Å²) in [4.78, 5) is 23.7. The van der Waals surface area contributed by atoms with Crippen molar-refractivity contribution in [2.75, 3.05) is 31.1 Å². The summed E-state index contributed by atoms with van der Waals surface area (Å²) in [6, 6.07) is 16.7. The van der Waals surface area contributed by atoms with Crippen LogP contribution in [0.3, 0.4) is 0 Å². The number of nitrogens with zero attached hydrogens (tertiary/aromatic N) is 5. The van der Waals surface area contributed by atoms with Crippen molar-refractivity contribution < 1.29 is 0 Å². The van der Waals surface area contributed by atoms with Crippen molar-refractivity contribution in [3.63, 3.8) is 0 Å². The van der Waals surface area contributed by atoms with Crippen molar-refractivity contribution in [2.24, 2.45) is 0 Å². The number of benzene rings is 1. The topological polar surface area (TPSA) is 45.2 Å². The summed E-state index contributed by atoms with van der Waals surface area (Å²) in [5.74, 6) is 2.91. The van der Waals surface area contributed by atoms with Crippen LogP contribution in [0.2, 0.25) is 0 Å². The van der Waals surface area contributed by atoms with Crippen molar-refractivity contribution in [3.8, 4) is 0 Å². The van der Waals surface area contributed by atoms with E-state index >= 15 is 0 Å². The van der Waals surface area contributed by atoms with Gasteiger partial charge in [-0.15, -0.1) is 23.1 Å². The first-order valence-corrected chi connectivity index (χ1v) is 13.5. The van der Waals surface area contributed by atoms with Crippen molar-refractivity contribution >= 4 is 39.1 Å². The van der Waals surface area contributed by atoms with Crippen LogP contribution in [-0.4, -0.2) is 46.0 Å². The maximum Gasteiger partial charge on any atom is 0.142 e. The number of thioether (sulfide) groups is 1. The summed E-state index contributed by atoms with van der Waals surface area (Å²) in [6.07, 6.45) is 5.51. The molecule has 1 saturated heterocycles. The Kier molecular flexibility index (Phi) is 6.01. The molecule has 4 heterocycles. The molecule has 0 radical (unpaired) electrons. The third-order valence-corrected chi connectivity index (χ3v) is 8.68. The number of thiophene rings is 1. The van der Waals surface area contributed by atoms with Gasteiger partial charge in [-0.2, -0.15) is 0 Å². The number of piperazine rings is 1. The third-order valence-electron chi connectivity index (χ3n) is 6.49. The van der Waals surface area contributed by atoms with Gasteiger partial charge in [0.15, 0.2) is 0 Å². The van der Waals surface area contributed by atoms with E-state index in [-0.39, 0.29) is 0 Å². The highest BCUT2D eigenvalue weighted by Gasteiger charge is 2.27. The Balaban J connectivity index is 1.25. The first-order chi connectivity index (χ1) is 16.3. The number of pyridine rings is 1. The first kappa shape index (κ1) is 21.1. The highest BCUT2D eigenvalue weighted by atomic mass is 32.2. The predicted molar refractivity (Wildman–Crippen MR) is 137 cm³/mol. The van der Waals surface area contributed by atoms with Gasteiger partial charge in [0.25, 0.3) is 0 Å². The second-order valence-electron chi connectivity index (χ2n) is 8.69. The number of aryl methyl sites for hydroxylation is 2. The predicted octanol–water partition coefficient (Wildman–Crippen LogP) is 5.19. The highest BCUT2D eigenvalue weighted by Crippen LogP contribution is 2.41. The second-order valence-corrected chi connectivity index (χ2v) is 10.8. The van der Waals surface area contributed by atoms with Crippen molar-refractivity contribution in [1.29, 1.82) is 0 Å². The molecular formula is C26H27N5S2. The maximum absolute atomic E-state index is 5.17. The Morgan fingerprint density at radius 1 is 0.909 bits per heavy atom. The lowest BCUT2D eigenvalue weighted by Gasteiger charge is -2.35. The Morgan fingerprint density at radius 3 is 2.58 bits per heavy atom. The molecule has 7 heteroatoms.